The fourth-order valence-electron chi connectivity index (χ4n) is 1.78. The maximum atomic E-state index is 12.1. The third-order valence-corrected chi connectivity index (χ3v) is 2.93. The van der Waals surface area contributed by atoms with Crippen LogP contribution in [0.4, 0.5) is 0 Å². The molecule has 0 radical (unpaired) electrons. The maximum absolute atomic E-state index is 12.1. The summed E-state index contributed by atoms with van der Waals surface area (Å²) in [6.07, 6.45) is 0. The van der Waals surface area contributed by atoms with Gasteiger partial charge >= 0.3 is 0 Å². The predicted octanol–water partition coefficient (Wildman–Crippen LogP) is 3.21. The van der Waals surface area contributed by atoms with E-state index in [1.165, 1.54) is 0 Å². The summed E-state index contributed by atoms with van der Waals surface area (Å²) in [7, 11) is 3.30. The van der Waals surface area contributed by atoms with Crippen molar-refractivity contribution in [1.82, 2.24) is 4.90 Å². The minimum Gasteiger partial charge on any atom is -0.496 e. The van der Waals surface area contributed by atoms with Crippen LogP contribution >= 0.6 is 11.6 Å². The predicted molar refractivity (Wildman–Crippen MR) is 72.5 cm³/mol. The Balaban J connectivity index is 2.12. The Bertz CT molecular complexity index is 580. The molecule has 0 aliphatic rings. The van der Waals surface area contributed by atoms with E-state index in [1.54, 1.807) is 31.2 Å². The zero-order valence-electron chi connectivity index (χ0n) is 10.7. The molecule has 0 aliphatic carbocycles. The minimum absolute atomic E-state index is 0.203. The van der Waals surface area contributed by atoms with Crippen molar-refractivity contribution in [3.05, 3.63) is 52.9 Å². The van der Waals surface area contributed by atoms with Gasteiger partial charge in [-0.15, -0.1) is 0 Å². The van der Waals surface area contributed by atoms with Gasteiger partial charge in [0.25, 0.3) is 5.91 Å². The number of hydrogen-bond acceptors (Lipinski definition) is 3. The fourth-order valence-corrected chi connectivity index (χ4v) is 1.92. The molecule has 0 fully saturated rings. The maximum Gasteiger partial charge on any atom is 0.289 e. The van der Waals surface area contributed by atoms with Crippen LogP contribution in [0.5, 0.6) is 5.75 Å². The molecule has 2 rings (SSSR count). The summed E-state index contributed by atoms with van der Waals surface area (Å²) in [5, 5.41) is 0.203. The number of rotatable bonds is 4. The van der Waals surface area contributed by atoms with Crippen molar-refractivity contribution in [2.75, 3.05) is 14.2 Å². The van der Waals surface area contributed by atoms with E-state index in [0.717, 1.165) is 11.3 Å². The highest BCUT2D eigenvalue weighted by Crippen LogP contribution is 2.20. The van der Waals surface area contributed by atoms with Gasteiger partial charge < -0.3 is 14.1 Å². The molecule has 1 amide bonds. The fraction of sp³-hybridized carbons (Fsp3) is 0.214. The van der Waals surface area contributed by atoms with Crippen molar-refractivity contribution in [3.8, 4) is 5.75 Å². The molecule has 0 spiro atoms. The second-order valence-electron chi connectivity index (χ2n) is 4.08. The lowest BCUT2D eigenvalue weighted by atomic mass is 10.2. The number of hydrogen-bond donors (Lipinski definition) is 0. The summed E-state index contributed by atoms with van der Waals surface area (Å²) >= 11 is 5.66. The molecule has 0 unspecified atom stereocenters. The first-order valence-corrected chi connectivity index (χ1v) is 6.12. The Morgan fingerprint density at radius 2 is 2.05 bits per heavy atom. The van der Waals surface area contributed by atoms with E-state index >= 15 is 0 Å². The van der Waals surface area contributed by atoms with Gasteiger partial charge in [-0.1, -0.05) is 18.2 Å². The van der Waals surface area contributed by atoms with E-state index in [-0.39, 0.29) is 16.9 Å². The summed E-state index contributed by atoms with van der Waals surface area (Å²) in [6, 6.07) is 10.7. The van der Waals surface area contributed by atoms with Gasteiger partial charge in [-0.3, -0.25) is 4.79 Å². The van der Waals surface area contributed by atoms with Crippen LogP contribution in [0.3, 0.4) is 0 Å². The minimum atomic E-state index is -0.224. The van der Waals surface area contributed by atoms with E-state index in [4.69, 9.17) is 20.8 Å². The van der Waals surface area contributed by atoms with E-state index in [2.05, 4.69) is 0 Å². The molecule has 0 aliphatic heterocycles. The summed E-state index contributed by atoms with van der Waals surface area (Å²) in [5.74, 6) is 0.750. The Kier molecular flexibility index (Phi) is 4.12. The van der Waals surface area contributed by atoms with Crippen molar-refractivity contribution in [2.24, 2.45) is 0 Å². The number of furan rings is 1. The first kappa shape index (κ1) is 13.5. The van der Waals surface area contributed by atoms with Crippen LogP contribution in [-0.4, -0.2) is 25.0 Å². The first-order valence-electron chi connectivity index (χ1n) is 5.74. The van der Waals surface area contributed by atoms with Crippen LogP contribution < -0.4 is 4.74 Å². The third kappa shape index (κ3) is 3.09. The first-order chi connectivity index (χ1) is 9.11. The number of carbonyl (C=O) groups excluding carboxylic acids is 1. The lowest BCUT2D eigenvalue weighted by Gasteiger charge is -2.17. The van der Waals surface area contributed by atoms with Gasteiger partial charge in [-0.25, -0.2) is 0 Å². The lowest BCUT2D eigenvalue weighted by Crippen LogP contribution is -2.26. The average Bonchev–Trinajstić information content (AvgIpc) is 2.85. The van der Waals surface area contributed by atoms with Gasteiger partial charge in [0.15, 0.2) is 11.0 Å². The number of amides is 1. The van der Waals surface area contributed by atoms with E-state index in [1.807, 2.05) is 24.3 Å². The SMILES string of the molecule is COc1ccccc1CN(C)C(=O)c1ccc(Cl)o1. The molecular weight excluding hydrogens is 266 g/mol. The normalized spacial score (nSPS) is 10.3. The smallest absolute Gasteiger partial charge is 0.289 e. The van der Waals surface area contributed by atoms with Crippen LogP contribution in [0.25, 0.3) is 0 Å². The summed E-state index contributed by atoms with van der Waals surface area (Å²) in [4.78, 5) is 13.6. The number of carbonyl (C=O) groups is 1. The van der Waals surface area contributed by atoms with E-state index in [0.29, 0.717) is 6.54 Å². The van der Waals surface area contributed by atoms with Gasteiger partial charge in [0.2, 0.25) is 0 Å². The number of benzene rings is 1. The van der Waals surface area contributed by atoms with Crippen molar-refractivity contribution < 1.29 is 13.9 Å². The van der Waals surface area contributed by atoms with E-state index < -0.39 is 0 Å². The van der Waals surface area contributed by atoms with Crippen LogP contribution in [0, 0.1) is 0 Å². The Labute approximate surface area is 116 Å². The zero-order chi connectivity index (χ0) is 13.8. The zero-order valence-corrected chi connectivity index (χ0v) is 11.5. The van der Waals surface area contributed by atoms with Crippen molar-refractivity contribution >= 4 is 17.5 Å². The average molecular weight is 280 g/mol. The Morgan fingerprint density at radius 1 is 1.32 bits per heavy atom. The summed E-state index contributed by atoms with van der Waals surface area (Å²) in [6.45, 7) is 0.432. The molecule has 1 aromatic carbocycles. The number of halogens is 1. The van der Waals surface area contributed by atoms with Gasteiger partial charge in [0.1, 0.15) is 5.75 Å². The highest BCUT2D eigenvalue weighted by atomic mass is 35.5. The van der Waals surface area contributed by atoms with Crippen molar-refractivity contribution in [2.45, 2.75) is 6.54 Å². The lowest BCUT2D eigenvalue weighted by molar-refractivity contribution is 0.0752. The van der Waals surface area contributed by atoms with Crippen molar-refractivity contribution in [3.63, 3.8) is 0 Å². The highest BCUT2D eigenvalue weighted by molar-refractivity contribution is 6.29. The molecule has 1 aromatic heterocycles. The molecule has 0 atom stereocenters. The van der Waals surface area contributed by atoms with Gasteiger partial charge in [-0.2, -0.15) is 0 Å². The van der Waals surface area contributed by atoms with Crippen molar-refractivity contribution in [1.29, 1.82) is 0 Å². The molecule has 0 saturated heterocycles. The van der Waals surface area contributed by atoms with Gasteiger partial charge in [0.05, 0.1) is 7.11 Å². The topological polar surface area (TPSA) is 42.7 Å². The molecule has 5 heteroatoms. The highest BCUT2D eigenvalue weighted by Gasteiger charge is 2.17. The standard InChI is InChI=1S/C14H14ClNO3/c1-16(14(17)12-7-8-13(15)19-12)9-10-5-3-4-6-11(10)18-2/h3-8H,9H2,1-2H3. The number of ether oxygens (including phenoxy) is 1. The third-order valence-electron chi connectivity index (χ3n) is 2.73. The molecule has 4 nitrogen and oxygen atoms in total. The van der Waals surface area contributed by atoms with Crippen LogP contribution in [-0.2, 0) is 6.54 Å². The monoisotopic (exact) mass is 279 g/mol. The largest absolute Gasteiger partial charge is 0.496 e. The molecule has 100 valence electrons. The second-order valence-corrected chi connectivity index (χ2v) is 4.45. The van der Waals surface area contributed by atoms with E-state index in [9.17, 15) is 4.79 Å². The quantitative estimate of drug-likeness (QED) is 0.863. The Morgan fingerprint density at radius 3 is 2.68 bits per heavy atom. The number of nitrogens with zero attached hydrogens (tertiary/aromatic N) is 1. The van der Waals surface area contributed by atoms with Crippen LogP contribution in [0.1, 0.15) is 16.1 Å². The van der Waals surface area contributed by atoms with Gasteiger partial charge in [0, 0.05) is 19.2 Å². The summed E-state index contributed by atoms with van der Waals surface area (Å²) in [5.41, 5.74) is 0.929. The molecular formula is C14H14ClNO3. The molecule has 0 N–H and O–H groups in total. The molecule has 19 heavy (non-hydrogen) atoms. The molecule has 0 saturated carbocycles. The Hall–Kier alpha value is -1.94. The molecule has 1 heterocycles. The molecule has 0 bridgehead atoms. The van der Waals surface area contributed by atoms with Gasteiger partial charge in [-0.05, 0) is 29.8 Å². The second kappa shape index (κ2) is 5.80. The van der Waals surface area contributed by atoms with Crippen LogP contribution in [0.2, 0.25) is 5.22 Å². The number of para-hydroxylation sites is 1. The molecule has 2 aromatic rings. The van der Waals surface area contributed by atoms with Crippen LogP contribution in [0.15, 0.2) is 40.8 Å². The summed E-state index contributed by atoms with van der Waals surface area (Å²) < 4.78 is 10.4. The number of methoxy groups -OCH3 is 1.